The van der Waals surface area contributed by atoms with Gasteiger partial charge in [-0.25, -0.2) is 0 Å². The highest BCUT2D eigenvalue weighted by molar-refractivity contribution is 5.71. The molecule has 1 rings (SSSR count). The second-order valence-corrected chi connectivity index (χ2v) is 3.92. The Bertz CT molecular complexity index is 361. The lowest BCUT2D eigenvalue weighted by Gasteiger charge is -2.06. The SMILES string of the molecule is CNCC(=O)OCCc1ccc(C)c(C)c1. The summed E-state index contributed by atoms with van der Waals surface area (Å²) in [6.07, 6.45) is 0.774. The maximum Gasteiger partial charge on any atom is 0.319 e. The molecule has 16 heavy (non-hydrogen) atoms. The van der Waals surface area contributed by atoms with Crippen molar-refractivity contribution >= 4 is 5.97 Å². The number of carbonyl (C=O) groups excluding carboxylic acids is 1. The van der Waals surface area contributed by atoms with Crippen LogP contribution in [0.2, 0.25) is 0 Å². The Hall–Kier alpha value is -1.35. The fraction of sp³-hybridized carbons (Fsp3) is 0.462. The minimum absolute atomic E-state index is 0.202. The second-order valence-electron chi connectivity index (χ2n) is 3.92. The van der Waals surface area contributed by atoms with Gasteiger partial charge in [-0.05, 0) is 37.6 Å². The van der Waals surface area contributed by atoms with Gasteiger partial charge in [0, 0.05) is 6.42 Å². The van der Waals surface area contributed by atoms with Crippen LogP contribution in [0, 0.1) is 13.8 Å². The van der Waals surface area contributed by atoms with Crippen LogP contribution in [0.15, 0.2) is 18.2 Å². The molecule has 0 atom stereocenters. The van der Waals surface area contributed by atoms with E-state index in [1.54, 1.807) is 7.05 Å². The number of hydrogen-bond acceptors (Lipinski definition) is 3. The summed E-state index contributed by atoms with van der Waals surface area (Å²) in [6.45, 7) is 4.90. The molecule has 3 heteroatoms. The third-order valence-corrected chi connectivity index (χ3v) is 2.55. The smallest absolute Gasteiger partial charge is 0.319 e. The summed E-state index contributed by atoms with van der Waals surface area (Å²) in [7, 11) is 1.73. The maximum atomic E-state index is 11.1. The van der Waals surface area contributed by atoms with E-state index in [1.807, 2.05) is 0 Å². The van der Waals surface area contributed by atoms with Crippen LogP contribution >= 0.6 is 0 Å². The Morgan fingerprint density at radius 1 is 1.31 bits per heavy atom. The Morgan fingerprint density at radius 2 is 2.06 bits per heavy atom. The molecule has 1 N–H and O–H groups in total. The molecule has 0 aliphatic heterocycles. The predicted octanol–water partition coefficient (Wildman–Crippen LogP) is 1.61. The fourth-order valence-corrected chi connectivity index (χ4v) is 1.44. The van der Waals surface area contributed by atoms with E-state index in [0.29, 0.717) is 6.61 Å². The van der Waals surface area contributed by atoms with Gasteiger partial charge in [0.05, 0.1) is 13.2 Å². The molecule has 0 bridgehead atoms. The molecule has 0 fully saturated rings. The van der Waals surface area contributed by atoms with Crippen LogP contribution in [-0.4, -0.2) is 26.2 Å². The Morgan fingerprint density at radius 3 is 2.69 bits per heavy atom. The van der Waals surface area contributed by atoms with E-state index in [0.717, 1.165) is 6.42 Å². The molecule has 0 amide bonds. The normalized spacial score (nSPS) is 10.2. The molecular formula is C13H19NO2. The highest BCUT2D eigenvalue weighted by atomic mass is 16.5. The van der Waals surface area contributed by atoms with Gasteiger partial charge in [0.2, 0.25) is 0 Å². The summed E-state index contributed by atoms with van der Waals surface area (Å²) in [5, 5.41) is 2.76. The molecule has 0 spiro atoms. The number of benzene rings is 1. The molecule has 0 radical (unpaired) electrons. The van der Waals surface area contributed by atoms with Crippen LogP contribution in [0.1, 0.15) is 16.7 Å². The first-order valence-corrected chi connectivity index (χ1v) is 5.50. The molecular weight excluding hydrogens is 202 g/mol. The number of aryl methyl sites for hydroxylation is 2. The fourth-order valence-electron chi connectivity index (χ4n) is 1.44. The van der Waals surface area contributed by atoms with Gasteiger partial charge >= 0.3 is 5.97 Å². The number of rotatable bonds is 5. The molecule has 88 valence electrons. The van der Waals surface area contributed by atoms with E-state index < -0.39 is 0 Å². The van der Waals surface area contributed by atoms with Gasteiger partial charge in [0.1, 0.15) is 0 Å². The zero-order valence-corrected chi connectivity index (χ0v) is 10.2. The average molecular weight is 221 g/mol. The van der Waals surface area contributed by atoms with E-state index in [9.17, 15) is 4.79 Å². The topological polar surface area (TPSA) is 38.3 Å². The predicted molar refractivity (Wildman–Crippen MR) is 64.5 cm³/mol. The van der Waals surface area contributed by atoms with Crippen LogP contribution in [-0.2, 0) is 16.0 Å². The van der Waals surface area contributed by atoms with Crippen molar-refractivity contribution in [3.05, 3.63) is 34.9 Å². The summed E-state index contributed by atoms with van der Waals surface area (Å²) in [5.41, 5.74) is 3.77. The third kappa shape index (κ3) is 4.03. The summed E-state index contributed by atoms with van der Waals surface area (Å²) < 4.78 is 5.06. The van der Waals surface area contributed by atoms with Crippen LogP contribution in [0.3, 0.4) is 0 Å². The summed E-state index contributed by atoms with van der Waals surface area (Å²) in [4.78, 5) is 11.1. The van der Waals surface area contributed by atoms with Gasteiger partial charge in [-0.3, -0.25) is 4.79 Å². The number of ether oxygens (including phenoxy) is 1. The summed E-state index contributed by atoms with van der Waals surface area (Å²) in [6, 6.07) is 6.32. The maximum absolute atomic E-state index is 11.1. The van der Waals surface area contributed by atoms with Gasteiger partial charge in [-0.1, -0.05) is 18.2 Å². The van der Waals surface area contributed by atoms with Crippen molar-refractivity contribution in [2.45, 2.75) is 20.3 Å². The van der Waals surface area contributed by atoms with E-state index in [2.05, 4.69) is 37.4 Å². The quantitative estimate of drug-likeness (QED) is 0.768. The lowest BCUT2D eigenvalue weighted by Crippen LogP contribution is -2.21. The molecule has 3 nitrogen and oxygen atoms in total. The van der Waals surface area contributed by atoms with Crippen molar-refractivity contribution in [2.75, 3.05) is 20.2 Å². The van der Waals surface area contributed by atoms with E-state index in [4.69, 9.17) is 4.74 Å². The lowest BCUT2D eigenvalue weighted by molar-refractivity contribution is -0.142. The standard InChI is InChI=1S/C13H19NO2/c1-10-4-5-12(8-11(10)2)6-7-16-13(15)9-14-3/h4-5,8,14H,6-7,9H2,1-3H3. The highest BCUT2D eigenvalue weighted by Gasteiger charge is 2.01. The Kier molecular flexibility index (Phi) is 4.99. The molecule has 0 aliphatic carbocycles. The van der Waals surface area contributed by atoms with Crippen molar-refractivity contribution in [1.82, 2.24) is 5.32 Å². The third-order valence-electron chi connectivity index (χ3n) is 2.55. The van der Waals surface area contributed by atoms with E-state index in [-0.39, 0.29) is 12.5 Å². The summed E-state index contributed by atoms with van der Waals surface area (Å²) in [5.74, 6) is -0.202. The first kappa shape index (κ1) is 12.7. The number of nitrogens with one attached hydrogen (secondary N) is 1. The van der Waals surface area contributed by atoms with Gasteiger partial charge < -0.3 is 10.1 Å². The zero-order valence-electron chi connectivity index (χ0n) is 10.2. The monoisotopic (exact) mass is 221 g/mol. The van der Waals surface area contributed by atoms with Gasteiger partial charge in [0.15, 0.2) is 0 Å². The van der Waals surface area contributed by atoms with Crippen molar-refractivity contribution in [3.63, 3.8) is 0 Å². The largest absolute Gasteiger partial charge is 0.464 e. The Labute approximate surface area is 96.8 Å². The number of carbonyl (C=O) groups is 1. The Balaban J connectivity index is 2.37. The minimum Gasteiger partial charge on any atom is -0.464 e. The number of esters is 1. The number of hydrogen-bond donors (Lipinski definition) is 1. The van der Waals surface area contributed by atoms with Gasteiger partial charge in [-0.2, -0.15) is 0 Å². The molecule has 0 aromatic heterocycles. The van der Waals surface area contributed by atoms with Crippen LogP contribution in [0.5, 0.6) is 0 Å². The first-order valence-electron chi connectivity index (χ1n) is 5.50. The van der Waals surface area contributed by atoms with Crippen molar-refractivity contribution in [3.8, 4) is 0 Å². The molecule has 0 aliphatic rings. The van der Waals surface area contributed by atoms with Crippen LogP contribution < -0.4 is 5.32 Å². The van der Waals surface area contributed by atoms with Gasteiger partial charge in [0.25, 0.3) is 0 Å². The molecule has 1 aromatic rings. The van der Waals surface area contributed by atoms with Crippen LogP contribution in [0.25, 0.3) is 0 Å². The van der Waals surface area contributed by atoms with Crippen molar-refractivity contribution in [1.29, 1.82) is 0 Å². The van der Waals surface area contributed by atoms with E-state index in [1.165, 1.54) is 16.7 Å². The highest BCUT2D eigenvalue weighted by Crippen LogP contribution is 2.10. The van der Waals surface area contributed by atoms with Gasteiger partial charge in [-0.15, -0.1) is 0 Å². The molecule has 0 heterocycles. The van der Waals surface area contributed by atoms with Crippen molar-refractivity contribution < 1.29 is 9.53 Å². The molecule has 0 saturated heterocycles. The van der Waals surface area contributed by atoms with Crippen molar-refractivity contribution in [2.24, 2.45) is 0 Å². The zero-order chi connectivity index (χ0) is 12.0. The number of likely N-dealkylation sites (N-methyl/N-ethyl adjacent to an activating group) is 1. The summed E-state index contributed by atoms with van der Waals surface area (Å²) >= 11 is 0. The molecule has 1 aromatic carbocycles. The average Bonchev–Trinajstić information content (AvgIpc) is 2.24. The minimum atomic E-state index is -0.202. The first-order chi connectivity index (χ1) is 7.63. The molecule has 0 unspecified atom stereocenters. The second kappa shape index (κ2) is 6.28. The van der Waals surface area contributed by atoms with Crippen LogP contribution in [0.4, 0.5) is 0 Å². The molecule has 0 saturated carbocycles. The van der Waals surface area contributed by atoms with E-state index >= 15 is 0 Å². The lowest BCUT2D eigenvalue weighted by atomic mass is 10.0.